The lowest BCUT2D eigenvalue weighted by Gasteiger charge is -1.60. The molecule has 1 rings (SSSR count). The van der Waals surface area contributed by atoms with E-state index in [1.165, 1.54) is 11.1 Å². The van der Waals surface area contributed by atoms with Crippen LogP contribution in [0.25, 0.3) is 0 Å². The molecular formula is C3H6N3O+. The van der Waals surface area contributed by atoms with Crippen LogP contribution in [0.5, 0.6) is 0 Å². The van der Waals surface area contributed by atoms with Crippen molar-refractivity contribution in [3.8, 4) is 0 Å². The van der Waals surface area contributed by atoms with Crippen LogP contribution in [0, 0.1) is 0 Å². The third kappa shape index (κ3) is 0.677. The van der Waals surface area contributed by atoms with Crippen molar-refractivity contribution >= 4 is 5.82 Å². The van der Waals surface area contributed by atoms with Gasteiger partial charge in [-0.3, -0.25) is 0 Å². The van der Waals surface area contributed by atoms with Gasteiger partial charge in [0.25, 0.3) is 0 Å². The van der Waals surface area contributed by atoms with Gasteiger partial charge in [-0.1, -0.05) is 0 Å². The van der Waals surface area contributed by atoms with Crippen LogP contribution in [-0.4, -0.2) is 5.10 Å². The second-order valence-corrected chi connectivity index (χ2v) is 1.21. The van der Waals surface area contributed by atoms with Crippen molar-refractivity contribution in [1.29, 1.82) is 0 Å². The van der Waals surface area contributed by atoms with Crippen LogP contribution in [0.4, 0.5) is 5.82 Å². The predicted octanol–water partition coefficient (Wildman–Crippen LogP) is -0.919. The monoisotopic (exact) mass is 100 g/mol. The Bertz CT molecular complexity index is 142. The first-order chi connectivity index (χ1) is 3.29. The van der Waals surface area contributed by atoms with Gasteiger partial charge in [0.15, 0.2) is 0 Å². The maximum Gasteiger partial charge on any atom is 0.238 e. The van der Waals surface area contributed by atoms with E-state index in [-0.39, 0.29) is 0 Å². The quantitative estimate of drug-likeness (QED) is 0.429. The lowest BCUT2D eigenvalue weighted by molar-refractivity contribution is -0.890. The third-order valence-electron chi connectivity index (χ3n) is 0.582. The molecule has 0 fully saturated rings. The average Bonchev–Trinajstić information content (AvgIpc) is 1.87. The van der Waals surface area contributed by atoms with Crippen molar-refractivity contribution in [1.82, 2.24) is 5.10 Å². The molecule has 0 spiro atoms. The highest BCUT2D eigenvalue weighted by Crippen LogP contribution is 1.84. The summed E-state index contributed by atoms with van der Waals surface area (Å²) in [6, 6.07) is 0. The Morgan fingerprint density at radius 1 is 2.00 bits per heavy atom. The molecule has 4 nitrogen and oxygen atoms in total. The number of nitrogens with two attached hydrogens (primary N) is 1. The number of rotatable bonds is 0. The van der Waals surface area contributed by atoms with Gasteiger partial charge < -0.3 is 5.73 Å². The first-order valence-corrected chi connectivity index (χ1v) is 1.87. The maximum atomic E-state index is 5.15. The Balaban J connectivity index is 3.04. The van der Waals surface area contributed by atoms with Crippen molar-refractivity contribution < 1.29 is 9.38 Å². The molecule has 0 aromatic carbocycles. The minimum absolute atomic E-state index is 0.405. The number of hydrogen-bond donors (Lipinski definition) is 1. The summed E-state index contributed by atoms with van der Waals surface area (Å²) < 4.78 is 4.64. The van der Waals surface area contributed by atoms with Gasteiger partial charge in [0.1, 0.15) is 0 Å². The number of hydrogen-bond acceptors (Lipinski definition) is 3. The molecule has 4 heteroatoms. The highest BCUT2D eigenvalue weighted by Gasteiger charge is 1.97. The van der Waals surface area contributed by atoms with E-state index in [4.69, 9.17) is 5.73 Å². The molecule has 0 aliphatic heterocycles. The van der Waals surface area contributed by atoms with Gasteiger partial charge >= 0.3 is 0 Å². The Morgan fingerprint density at radius 2 is 2.71 bits per heavy atom. The van der Waals surface area contributed by atoms with Crippen molar-refractivity contribution in [2.24, 2.45) is 7.05 Å². The van der Waals surface area contributed by atoms with Crippen molar-refractivity contribution in [2.45, 2.75) is 0 Å². The van der Waals surface area contributed by atoms with E-state index in [2.05, 4.69) is 9.62 Å². The molecule has 0 atom stereocenters. The summed E-state index contributed by atoms with van der Waals surface area (Å²) in [5, 5.41) is 3.64. The fourth-order valence-corrected chi connectivity index (χ4v) is 0.340. The molecule has 0 amide bonds. The molecule has 0 radical (unpaired) electrons. The highest BCUT2D eigenvalue weighted by molar-refractivity contribution is 5.15. The highest BCUT2D eigenvalue weighted by atomic mass is 16.5. The van der Waals surface area contributed by atoms with Gasteiger partial charge in [0, 0.05) is 0 Å². The minimum atomic E-state index is 0.405. The number of aryl methyl sites for hydroxylation is 1. The molecular weight excluding hydrogens is 94.1 g/mol. The Kier molecular flexibility index (Phi) is 0.714. The summed E-state index contributed by atoms with van der Waals surface area (Å²) in [4.78, 5) is 1.29. The second kappa shape index (κ2) is 1.22. The van der Waals surface area contributed by atoms with Crippen LogP contribution in [0.1, 0.15) is 0 Å². The van der Waals surface area contributed by atoms with E-state index >= 15 is 0 Å². The van der Waals surface area contributed by atoms with E-state index in [0.29, 0.717) is 5.82 Å². The zero-order valence-electron chi connectivity index (χ0n) is 3.96. The largest absolute Gasteiger partial charge is 0.376 e. The van der Waals surface area contributed by atoms with Crippen LogP contribution in [0.2, 0.25) is 0 Å². The zero-order chi connectivity index (χ0) is 5.28. The molecule has 0 aliphatic carbocycles. The summed E-state index contributed by atoms with van der Waals surface area (Å²) in [5.41, 5.74) is 5.15. The number of aromatic nitrogens is 2. The van der Waals surface area contributed by atoms with Crippen LogP contribution in [0.3, 0.4) is 0 Å². The maximum absolute atomic E-state index is 5.15. The second-order valence-electron chi connectivity index (χ2n) is 1.21. The van der Waals surface area contributed by atoms with Crippen LogP contribution in [0.15, 0.2) is 10.8 Å². The zero-order valence-corrected chi connectivity index (χ0v) is 3.96. The Labute approximate surface area is 40.5 Å². The van der Waals surface area contributed by atoms with E-state index in [9.17, 15) is 0 Å². The normalized spacial score (nSPS) is 9.29. The van der Waals surface area contributed by atoms with E-state index < -0.39 is 0 Å². The van der Waals surface area contributed by atoms with Gasteiger partial charge in [-0.2, -0.15) is 0 Å². The van der Waals surface area contributed by atoms with Gasteiger partial charge in [0.2, 0.25) is 19.1 Å². The average molecular weight is 100 g/mol. The molecule has 0 saturated carbocycles. The van der Waals surface area contributed by atoms with Crippen LogP contribution >= 0.6 is 0 Å². The number of anilines is 1. The first kappa shape index (κ1) is 4.11. The lowest BCUT2D eigenvalue weighted by Crippen LogP contribution is -2.28. The van der Waals surface area contributed by atoms with Gasteiger partial charge in [-0.15, -0.1) is 0 Å². The van der Waals surface area contributed by atoms with Crippen molar-refractivity contribution in [3.05, 3.63) is 6.26 Å². The fraction of sp³-hybridized carbons (Fsp3) is 0.333. The molecule has 7 heavy (non-hydrogen) atoms. The molecule has 38 valence electrons. The fourth-order valence-electron chi connectivity index (χ4n) is 0.340. The summed E-state index contributed by atoms with van der Waals surface area (Å²) in [6.07, 6.45) is 1.38. The first-order valence-electron chi connectivity index (χ1n) is 1.87. The molecule has 0 aliphatic rings. The topological polar surface area (TPSA) is 55.9 Å². The molecule has 1 heterocycles. The summed E-state index contributed by atoms with van der Waals surface area (Å²) >= 11 is 0. The molecule has 0 saturated heterocycles. The van der Waals surface area contributed by atoms with Gasteiger partial charge in [0.05, 0.1) is 9.95 Å². The van der Waals surface area contributed by atoms with E-state index in [0.717, 1.165) is 0 Å². The molecule has 1 aromatic heterocycles. The number of nitrogen functional groups attached to an aromatic ring is 1. The standard InChI is InChI=1S/C3H6N3O/c1-6-5-3(4)2-7-6/h2H,4H2,1H3/q+1. The SMILES string of the molecule is C[n+]1nc(N)co1. The molecule has 0 bridgehead atoms. The molecule has 0 unspecified atom stereocenters. The predicted molar refractivity (Wildman–Crippen MR) is 22.1 cm³/mol. The van der Waals surface area contributed by atoms with Crippen LogP contribution in [-0.2, 0) is 7.05 Å². The summed E-state index contributed by atoms with van der Waals surface area (Å²) in [6.45, 7) is 0. The van der Waals surface area contributed by atoms with Crippen molar-refractivity contribution in [2.75, 3.05) is 5.73 Å². The minimum Gasteiger partial charge on any atom is -0.376 e. The Hall–Kier alpha value is -1.06. The third-order valence-corrected chi connectivity index (χ3v) is 0.582. The van der Waals surface area contributed by atoms with Crippen LogP contribution < -0.4 is 10.6 Å². The van der Waals surface area contributed by atoms with E-state index in [1.54, 1.807) is 7.05 Å². The Morgan fingerprint density at radius 3 is 2.86 bits per heavy atom. The lowest BCUT2D eigenvalue weighted by atomic mass is 10.8. The smallest absolute Gasteiger partial charge is 0.238 e. The van der Waals surface area contributed by atoms with Gasteiger partial charge in [-0.25, -0.2) is 4.52 Å². The van der Waals surface area contributed by atoms with Gasteiger partial charge in [-0.05, 0) is 0 Å². The van der Waals surface area contributed by atoms with Crippen molar-refractivity contribution in [3.63, 3.8) is 0 Å². The number of nitrogens with zero attached hydrogens (tertiary/aromatic N) is 2. The van der Waals surface area contributed by atoms with E-state index in [1.807, 2.05) is 0 Å². The summed E-state index contributed by atoms with van der Waals surface area (Å²) in [5.74, 6) is 0.405. The summed E-state index contributed by atoms with van der Waals surface area (Å²) in [7, 11) is 1.66. The molecule has 1 aromatic rings. The molecule has 2 N–H and O–H groups in total.